The van der Waals surface area contributed by atoms with Gasteiger partial charge in [0.1, 0.15) is 0 Å². The van der Waals surface area contributed by atoms with E-state index in [2.05, 4.69) is 97.2 Å². The molecule has 0 saturated heterocycles. The number of H-pyrrole nitrogens is 1. The molecular formula is C33H21N7O2RuS3. The van der Waals surface area contributed by atoms with Crippen molar-refractivity contribution in [1.82, 2.24) is 24.9 Å². The number of aromatic nitrogens is 5. The molecule has 6 heterocycles. The number of aromatic amines is 1. The average Bonchev–Trinajstić information content (AvgIpc) is 3.75. The number of thiocarbonyl (C=S) groups is 2. The fourth-order valence-electron chi connectivity index (χ4n) is 4.27. The maximum absolute atomic E-state index is 10.7. The van der Waals surface area contributed by atoms with Crippen molar-refractivity contribution >= 4 is 73.9 Å². The van der Waals surface area contributed by atoms with Crippen LogP contribution in [0.5, 0.6) is 0 Å². The summed E-state index contributed by atoms with van der Waals surface area (Å²) in [5.74, 6) is -0.963. The molecule has 0 aliphatic rings. The first-order valence-corrected chi connectivity index (χ1v) is 14.7. The van der Waals surface area contributed by atoms with Crippen molar-refractivity contribution in [3.8, 4) is 33.2 Å². The van der Waals surface area contributed by atoms with Gasteiger partial charge >= 0.3 is 25.4 Å². The Morgan fingerprint density at radius 3 is 2.04 bits per heavy atom. The van der Waals surface area contributed by atoms with Crippen LogP contribution >= 0.6 is 35.8 Å². The zero-order chi connectivity index (χ0) is 32.0. The monoisotopic (exact) mass is 745 g/mol. The Labute approximate surface area is 291 Å². The molecule has 0 radical (unpaired) electrons. The van der Waals surface area contributed by atoms with Gasteiger partial charge in [-0.15, -0.1) is 11.3 Å². The number of nitrogens with one attached hydrogen (secondary N) is 1. The second kappa shape index (κ2) is 18.1. The molecule has 226 valence electrons. The summed E-state index contributed by atoms with van der Waals surface area (Å²) in [6.07, 6.45) is 6.85. The van der Waals surface area contributed by atoms with Crippen LogP contribution in [-0.4, -0.2) is 46.3 Å². The van der Waals surface area contributed by atoms with Crippen molar-refractivity contribution in [3.63, 3.8) is 0 Å². The van der Waals surface area contributed by atoms with E-state index in [1.54, 1.807) is 29.7 Å². The van der Waals surface area contributed by atoms with E-state index in [-0.39, 0.29) is 25.0 Å². The van der Waals surface area contributed by atoms with Crippen LogP contribution in [0.25, 0.3) is 65.8 Å². The largest absolute Gasteiger partial charge is 2.00 e. The molecule has 0 aliphatic heterocycles. The van der Waals surface area contributed by atoms with Crippen LogP contribution in [0.2, 0.25) is 0 Å². The molecule has 0 amide bonds. The molecule has 7 rings (SSSR count). The molecule has 6 aromatic heterocycles. The predicted molar refractivity (Wildman–Crippen MR) is 186 cm³/mol. The summed E-state index contributed by atoms with van der Waals surface area (Å²) >= 11 is 9.13. The molecule has 0 aliphatic carbocycles. The Morgan fingerprint density at radius 2 is 1.37 bits per heavy atom. The minimum atomic E-state index is -0.963. The number of carbonyl (C=O) groups is 1. The van der Waals surface area contributed by atoms with Gasteiger partial charge in [-0.3, -0.25) is 19.9 Å². The molecule has 0 unspecified atom stereocenters. The Bertz CT molecular complexity index is 2100. The SMILES string of the molecule is O=C(O)c1ccnc(-c2ccccn2)c1.[N-]=C=S.[N-]=C=S.[Ru+2].c1csc(-c2ccnc(-c3cc4c(cn3)[nH]c3ccccc34)c2)c1. The molecule has 2 N–H and O–H groups in total. The minimum absolute atomic E-state index is 0. The normalized spacial score (nSPS) is 9.48. The molecule has 0 spiro atoms. The van der Waals surface area contributed by atoms with E-state index < -0.39 is 5.97 Å². The Morgan fingerprint density at radius 1 is 0.717 bits per heavy atom. The second-order valence-electron chi connectivity index (χ2n) is 8.83. The third-order valence-electron chi connectivity index (χ3n) is 6.15. The number of fused-ring (bicyclic) bond motifs is 3. The number of para-hydroxylation sites is 1. The summed E-state index contributed by atoms with van der Waals surface area (Å²) in [6.45, 7) is 0. The van der Waals surface area contributed by atoms with Crippen LogP contribution in [-0.2, 0) is 19.5 Å². The van der Waals surface area contributed by atoms with Gasteiger partial charge in [0.2, 0.25) is 0 Å². The van der Waals surface area contributed by atoms with E-state index in [0.717, 1.165) is 22.4 Å². The van der Waals surface area contributed by atoms with Gasteiger partial charge in [0, 0.05) is 39.8 Å². The molecule has 13 heteroatoms. The molecule has 0 fully saturated rings. The fourth-order valence-corrected chi connectivity index (χ4v) is 5.00. The Kier molecular flexibility index (Phi) is 14.0. The van der Waals surface area contributed by atoms with Gasteiger partial charge in [-0.1, -0.05) is 54.8 Å². The first-order chi connectivity index (χ1) is 22.0. The van der Waals surface area contributed by atoms with Crippen molar-refractivity contribution in [2.45, 2.75) is 0 Å². The van der Waals surface area contributed by atoms with E-state index in [4.69, 9.17) is 15.9 Å². The molecule has 0 bridgehead atoms. The number of aromatic carboxylic acids is 1. The summed E-state index contributed by atoms with van der Waals surface area (Å²) in [6, 6.07) is 27.1. The number of pyridine rings is 4. The van der Waals surface area contributed by atoms with Gasteiger partial charge in [-0.2, -0.15) is 10.3 Å². The molecule has 9 nitrogen and oxygen atoms in total. The number of rotatable bonds is 4. The smallest absolute Gasteiger partial charge is 0.753 e. The third-order valence-corrected chi connectivity index (χ3v) is 7.07. The van der Waals surface area contributed by atoms with Crippen molar-refractivity contribution in [1.29, 1.82) is 0 Å². The van der Waals surface area contributed by atoms with Gasteiger partial charge in [0.25, 0.3) is 0 Å². The number of nitrogens with zero attached hydrogens (tertiary/aromatic N) is 6. The first kappa shape index (κ1) is 35.5. The van der Waals surface area contributed by atoms with Crippen LogP contribution in [0, 0.1) is 0 Å². The zero-order valence-electron chi connectivity index (χ0n) is 23.6. The molecule has 7 aromatic rings. The minimum Gasteiger partial charge on any atom is -0.753 e. The quantitative estimate of drug-likeness (QED) is 0.103. The summed E-state index contributed by atoms with van der Waals surface area (Å²) in [4.78, 5) is 32.7. The summed E-state index contributed by atoms with van der Waals surface area (Å²) in [5.41, 5.74) is 6.59. The van der Waals surface area contributed by atoms with Crippen molar-refractivity contribution < 1.29 is 29.4 Å². The Hall–Kier alpha value is -4.99. The van der Waals surface area contributed by atoms with E-state index in [9.17, 15) is 4.79 Å². The number of hydrogen-bond acceptors (Lipinski definition) is 8. The number of thiophene rings is 1. The Balaban J connectivity index is 0.000000226. The van der Waals surface area contributed by atoms with E-state index >= 15 is 0 Å². The van der Waals surface area contributed by atoms with Crippen LogP contribution in [0.3, 0.4) is 0 Å². The van der Waals surface area contributed by atoms with Crippen molar-refractivity contribution in [2.24, 2.45) is 0 Å². The average molecular weight is 745 g/mol. The number of isothiocyanates is 2. The molecule has 1 aromatic carbocycles. The standard InChI is InChI=1S/C20H13N3S.C11H8N2O2.2CNS.Ru/c1-2-5-16-14(4-1)15-11-18(22-12-19(15)23-16)17-10-13(7-8-21-17)20-6-3-9-24-20;14-11(15)8-4-6-13-10(7-8)9-3-1-2-5-12-9;2*2-1-3;/h1-12,23H;1-7H,(H,14,15);;;/q;;2*-1;+2. The summed E-state index contributed by atoms with van der Waals surface area (Å²) in [5, 5.41) is 30.2. The maximum Gasteiger partial charge on any atom is 2.00 e. The first-order valence-electron chi connectivity index (χ1n) is 13.0. The van der Waals surface area contributed by atoms with E-state index in [0.29, 0.717) is 11.4 Å². The van der Waals surface area contributed by atoms with Gasteiger partial charge in [0.15, 0.2) is 0 Å². The summed E-state index contributed by atoms with van der Waals surface area (Å²) in [7, 11) is 0. The van der Waals surface area contributed by atoms with Crippen LogP contribution < -0.4 is 0 Å². The van der Waals surface area contributed by atoms with Gasteiger partial charge in [-0.05, 0) is 65.5 Å². The predicted octanol–water partition coefficient (Wildman–Crippen LogP) is 8.66. The number of carboxylic acids is 1. The number of hydrogen-bond donors (Lipinski definition) is 2. The van der Waals surface area contributed by atoms with Crippen LogP contribution in [0.1, 0.15) is 10.4 Å². The molecule has 0 atom stereocenters. The van der Waals surface area contributed by atoms with Crippen LogP contribution in [0.15, 0.2) is 115 Å². The molecule has 0 saturated carbocycles. The van der Waals surface area contributed by atoms with E-state index in [1.807, 2.05) is 30.6 Å². The van der Waals surface area contributed by atoms with Crippen molar-refractivity contribution in [2.75, 3.05) is 0 Å². The van der Waals surface area contributed by atoms with Gasteiger partial charge < -0.3 is 20.9 Å². The summed E-state index contributed by atoms with van der Waals surface area (Å²) < 4.78 is 0. The van der Waals surface area contributed by atoms with Gasteiger partial charge in [-0.25, -0.2) is 4.79 Å². The molecule has 46 heavy (non-hydrogen) atoms. The number of benzene rings is 1. The van der Waals surface area contributed by atoms with Gasteiger partial charge in [0.05, 0.1) is 40.1 Å². The van der Waals surface area contributed by atoms with Crippen molar-refractivity contribution in [3.05, 3.63) is 131 Å². The topological polar surface area (TPSA) is 149 Å². The third kappa shape index (κ3) is 9.26. The van der Waals surface area contributed by atoms with E-state index in [1.165, 1.54) is 49.9 Å². The molecular weight excluding hydrogens is 724 g/mol. The fraction of sp³-hybridized carbons (Fsp3) is 0. The van der Waals surface area contributed by atoms with Crippen LogP contribution in [0.4, 0.5) is 0 Å². The number of carboxylic acid groups (broad SMARTS) is 1. The maximum atomic E-state index is 10.7. The zero-order valence-corrected chi connectivity index (χ0v) is 27.8. The second-order valence-corrected chi connectivity index (χ2v) is 10.1.